The van der Waals surface area contributed by atoms with E-state index in [0.717, 1.165) is 26.2 Å². The van der Waals surface area contributed by atoms with Gasteiger partial charge in [0, 0.05) is 19.3 Å². The van der Waals surface area contributed by atoms with Crippen LogP contribution in [0.15, 0.2) is 12.4 Å². The predicted octanol–water partition coefficient (Wildman–Crippen LogP) is 1.74. The third kappa shape index (κ3) is 4.48. The first-order valence-corrected chi connectivity index (χ1v) is 6.66. The fourth-order valence-electron chi connectivity index (χ4n) is 2.23. The van der Waals surface area contributed by atoms with E-state index in [-0.39, 0.29) is 0 Å². The van der Waals surface area contributed by atoms with E-state index < -0.39 is 0 Å². The predicted molar refractivity (Wildman–Crippen MR) is 68.0 cm³/mol. The smallest absolute Gasteiger partial charge is 0.0576 e. The Morgan fingerprint density at radius 3 is 3.18 bits per heavy atom. The van der Waals surface area contributed by atoms with Gasteiger partial charge in [0.2, 0.25) is 0 Å². The Bertz CT molecular complexity index is 318. The first-order valence-electron chi connectivity index (χ1n) is 6.66. The van der Waals surface area contributed by atoms with Crippen LogP contribution in [0.25, 0.3) is 0 Å². The number of hydrogen-bond donors (Lipinski definition) is 1. The summed E-state index contributed by atoms with van der Waals surface area (Å²) in [5.74, 6) is 0. The normalized spacial score (nSPS) is 19.9. The minimum Gasteiger partial charge on any atom is -0.378 e. The number of nitrogens with one attached hydrogen (secondary N) is 1. The Kier molecular flexibility index (Phi) is 5.01. The minimum atomic E-state index is 0.533. The van der Waals surface area contributed by atoms with E-state index in [0.29, 0.717) is 6.10 Å². The van der Waals surface area contributed by atoms with Gasteiger partial charge in [-0.05, 0) is 44.7 Å². The Morgan fingerprint density at radius 2 is 2.47 bits per heavy atom. The van der Waals surface area contributed by atoms with Gasteiger partial charge in [-0.2, -0.15) is 5.10 Å². The molecule has 1 aromatic heterocycles. The van der Waals surface area contributed by atoms with Crippen LogP contribution in [-0.4, -0.2) is 35.6 Å². The molecule has 1 N–H and O–H groups in total. The van der Waals surface area contributed by atoms with Gasteiger partial charge in [0.25, 0.3) is 0 Å². The third-order valence-electron chi connectivity index (χ3n) is 3.18. The highest BCUT2D eigenvalue weighted by Crippen LogP contribution is 2.16. The largest absolute Gasteiger partial charge is 0.378 e. The van der Waals surface area contributed by atoms with Crippen LogP contribution < -0.4 is 5.32 Å². The lowest BCUT2D eigenvalue weighted by Crippen LogP contribution is -2.22. The van der Waals surface area contributed by atoms with Crippen molar-refractivity contribution in [3.05, 3.63) is 18.0 Å². The number of rotatable bonds is 7. The van der Waals surface area contributed by atoms with E-state index in [1.807, 2.05) is 10.9 Å². The Balaban J connectivity index is 1.46. The van der Waals surface area contributed by atoms with Gasteiger partial charge < -0.3 is 10.1 Å². The molecule has 1 saturated heterocycles. The number of nitrogens with zero attached hydrogens (tertiary/aromatic N) is 2. The van der Waals surface area contributed by atoms with Crippen molar-refractivity contribution in [3.63, 3.8) is 0 Å². The molecule has 1 aliphatic rings. The van der Waals surface area contributed by atoms with E-state index >= 15 is 0 Å². The fourth-order valence-corrected chi connectivity index (χ4v) is 2.23. The third-order valence-corrected chi connectivity index (χ3v) is 3.18. The van der Waals surface area contributed by atoms with Gasteiger partial charge in [0.1, 0.15) is 0 Å². The van der Waals surface area contributed by atoms with Crippen molar-refractivity contribution in [2.75, 3.05) is 19.7 Å². The minimum absolute atomic E-state index is 0.533. The molecule has 1 unspecified atom stereocenters. The quantitative estimate of drug-likeness (QED) is 0.734. The maximum atomic E-state index is 5.59. The maximum Gasteiger partial charge on any atom is 0.0576 e. The number of ether oxygens (including phenoxy) is 1. The van der Waals surface area contributed by atoms with Gasteiger partial charge in [-0.25, -0.2) is 0 Å². The van der Waals surface area contributed by atoms with Crippen molar-refractivity contribution >= 4 is 0 Å². The van der Waals surface area contributed by atoms with E-state index in [1.165, 1.54) is 31.2 Å². The molecule has 0 amide bonds. The summed E-state index contributed by atoms with van der Waals surface area (Å²) in [6.07, 6.45) is 9.43. The van der Waals surface area contributed by atoms with E-state index in [2.05, 4.69) is 23.5 Å². The van der Waals surface area contributed by atoms with Crippen molar-refractivity contribution in [1.82, 2.24) is 15.1 Å². The van der Waals surface area contributed by atoms with Gasteiger partial charge in [0.05, 0.1) is 18.8 Å². The molecule has 0 saturated carbocycles. The second-order valence-corrected chi connectivity index (χ2v) is 4.81. The molecule has 1 fully saturated rings. The van der Waals surface area contributed by atoms with E-state index in [9.17, 15) is 0 Å². The van der Waals surface area contributed by atoms with Crippen molar-refractivity contribution in [1.29, 1.82) is 0 Å². The highest BCUT2D eigenvalue weighted by Gasteiger charge is 2.14. The second-order valence-electron chi connectivity index (χ2n) is 4.81. The number of aryl methyl sites for hydroxylation is 1. The van der Waals surface area contributed by atoms with Gasteiger partial charge in [-0.15, -0.1) is 0 Å². The van der Waals surface area contributed by atoms with Crippen LogP contribution in [0, 0.1) is 6.92 Å². The van der Waals surface area contributed by atoms with Crippen molar-refractivity contribution in [2.24, 2.45) is 0 Å². The van der Waals surface area contributed by atoms with Crippen LogP contribution in [0.5, 0.6) is 0 Å². The second kappa shape index (κ2) is 6.77. The van der Waals surface area contributed by atoms with Crippen LogP contribution in [0.3, 0.4) is 0 Å². The first kappa shape index (κ1) is 12.6. The lowest BCUT2D eigenvalue weighted by molar-refractivity contribution is 0.102. The molecule has 1 aromatic rings. The highest BCUT2D eigenvalue weighted by molar-refractivity contribution is 4.99. The summed E-state index contributed by atoms with van der Waals surface area (Å²) in [4.78, 5) is 0. The molecule has 1 atom stereocenters. The zero-order valence-corrected chi connectivity index (χ0v) is 10.7. The van der Waals surface area contributed by atoms with E-state index in [1.54, 1.807) is 0 Å². The summed E-state index contributed by atoms with van der Waals surface area (Å²) in [6, 6.07) is 0. The fraction of sp³-hybridized carbons (Fsp3) is 0.769. The average molecular weight is 237 g/mol. The molecule has 4 heteroatoms. The molecule has 0 radical (unpaired) electrons. The summed E-state index contributed by atoms with van der Waals surface area (Å²) < 4.78 is 7.58. The van der Waals surface area contributed by atoms with Gasteiger partial charge in [-0.3, -0.25) is 4.68 Å². The molecule has 4 nitrogen and oxygen atoms in total. The molecule has 0 bridgehead atoms. The molecule has 0 aromatic carbocycles. The molecular formula is C13H23N3O. The van der Waals surface area contributed by atoms with Gasteiger partial charge in [0.15, 0.2) is 0 Å². The molecule has 0 aliphatic carbocycles. The molecule has 2 heterocycles. The molecule has 0 spiro atoms. The maximum absolute atomic E-state index is 5.59. The van der Waals surface area contributed by atoms with Gasteiger partial charge >= 0.3 is 0 Å². The monoisotopic (exact) mass is 237 g/mol. The Morgan fingerprint density at radius 1 is 1.53 bits per heavy atom. The van der Waals surface area contributed by atoms with Crippen LogP contribution in [0.4, 0.5) is 0 Å². The van der Waals surface area contributed by atoms with Crippen LogP contribution in [0.1, 0.15) is 31.2 Å². The zero-order chi connectivity index (χ0) is 11.9. The Labute approximate surface area is 103 Å². The average Bonchev–Trinajstić information content (AvgIpc) is 2.95. The first-order chi connectivity index (χ1) is 8.34. The summed E-state index contributed by atoms with van der Waals surface area (Å²) in [6.45, 7) is 6.07. The van der Waals surface area contributed by atoms with Crippen molar-refractivity contribution in [3.8, 4) is 0 Å². The van der Waals surface area contributed by atoms with Crippen LogP contribution in [-0.2, 0) is 11.3 Å². The van der Waals surface area contributed by atoms with Crippen LogP contribution >= 0.6 is 0 Å². The topological polar surface area (TPSA) is 39.1 Å². The lowest BCUT2D eigenvalue weighted by atomic mass is 10.1. The highest BCUT2D eigenvalue weighted by atomic mass is 16.5. The molecule has 17 heavy (non-hydrogen) atoms. The van der Waals surface area contributed by atoms with Gasteiger partial charge in [-0.1, -0.05) is 0 Å². The SMILES string of the molecule is Cc1cnn(CCNCCCC2CCCO2)c1. The molecular weight excluding hydrogens is 214 g/mol. The van der Waals surface area contributed by atoms with E-state index in [4.69, 9.17) is 4.74 Å². The van der Waals surface area contributed by atoms with Crippen LogP contribution in [0.2, 0.25) is 0 Å². The summed E-state index contributed by atoms with van der Waals surface area (Å²) in [5, 5.41) is 7.70. The zero-order valence-electron chi connectivity index (χ0n) is 10.7. The Hall–Kier alpha value is -0.870. The summed E-state index contributed by atoms with van der Waals surface area (Å²) in [7, 11) is 0. The number of hydrogen-bond acceptors (Lipinski definition) is 3. The number of aromatic nitrogens is 2. The molecule has 96 valence electrons. The molecule has 2 rings (SSSR count). The summed E-state index contributed by atoms with van der Waals surface area (Å²) in [5.41, 5.74) is 1.23. The molecule has 1 aliphatic heterocycles. The van der Waals surface area contributed by atoms with Crippen molar-refractivity contribution in [2.45, 2.75) is 45.3 Å². The lowest BCUT2D eigenvalue weighted by Gasteiger charge is -2.09. The van der Waals surface area contributed by atoms with Crippen molar-refractivity contribution < 1.29 is 4.74 Å². The standard InChI is InChI=1S/C13H23N3O/c1-12-10-15-16(11-12)8-7-14-6-2-4-13-5-3-9-17-13/h10-11,13-14H,2-9H2,1H3. The summed E-state index contributed by atoms with van der Waals surface area (Å²) >= 11 is 0.